The Balaban J connectivity index is 0.00000484. The molecule has 64 heavy (non-hydrogen) atoms. The number of imidazole rings is 1. The summed E-state index contributed by atoms with van der Waals surface area (Å²) in [5.41, 5.74) is 14.0. The minimum absolute atomic E-state index is 0. The van der Waals surface area contributed by atoms with Crippen molar-refractivity contribution in [1.29, 1.82) is 0 Å². The van der Waals surface area contributed by atoms with Crippen molar-refractivity contribution in [2.24, 2.45) is 0 Å². The van der Waals surface area contributed by atoms with E-state index in [0.717, 1.165) is 55.6 Å². The van der Waals surface area contributed by atoms with Crippen LogP contribution in [-0.2, 0) is 26.5 Å². The molecule has 0 aliphatic carbocycles. The number of hydrogen-bond donors (Lipinski definition) is 0. The van der Waals surface area contributed by atoms with E-state index in [1.165, 1.54) is 33.4 Å². The molecule has 312 valence electrons. The van der Waals surface area contributed by atoms with Gasteiger partial charge in [0, 0.05) is 44.3 Å². The molecule has 8 aromatic carbocycles. The quantitative estimate of drug-likeness (QED) is 0.112. The summed E-state index contributed by atoms with van der Waals surface area (Å²) in [5, 5.41) is 2.16. The molecule has 11 aromatic rings. The standard InChI is InChI=1S/C58H42N4O.Pt/c1-58(2,3)43-33-34-59-56(36-43)62-52-32-29-42(57-48(40-17-7-4-8-18-40)25-16-26-49(57)41-19-9-5-10-20-41)35-51(52)50-31-30-47(38-55(50)62)63-46-24-15-23-45(37-46)61-39-60(44-21-11-6-12-22-44)53-27-13-14-28-54(53)61;/h4-36H,1-3H3;/q-2;. The molecule has 0 spiro atoms. The maximum atomic E-state index is 6.66. The second-order valence-corrected chi connectivity index (χ2v) is 16.9. The molecule has 5 nitrogen and oxygen atoms in total. The molecular formula is C58H42N4OPt-2. The van der Waals surface area contributed by atoms with Crippen molar-refractivity contribution in [1.82, 2.24) is 14.1 Å². The van der Waals surface area contributed by atoms with E-state index in [0.29, 0.717) is 11.5 Å². The number of hydrogen-bond acceptors (Lipinski definition) is 2. The zero-order valence-corrected chi connectivity index (χ0v) is 37.8. The summed E-state index contributed by atoms with van der Waals surface area (Å²) in [4.78, 5) is 4.98. The average molecular weight is 1010 g/mol. The Kier molecular flexibility index (Phi) is 10.7. The summed E-state index contributed by atoms with van der Waals surface area (Å²) in [6, 6.07) is 75.0. The van der Waals surface area contributed by atoms with Gasteiger partial charge in [-0.15, -0.1) is 29.7 Å². The van der Waals surface area contributed by atoms with Crippen LogP contribution in [0.25, 0.3) is 83.4 Å². The van der Waals surface area contributed by atoms with E-state index >= 15 is 0 Å². The maximum absolute atomic E-state index is 6.66. The molecule has 0 saturated carbocycles. The molecular weight excluding hydrogens is 964 g/mol. The van der Waals surface area contributed by atoms with Gasteiger partial charge in [-0.05, 0) is 85.8 Å². The first kappa shape index (κ1) is 40.7. The number of fused-ring (bicyclic) bond motifs is 4. The minimum atomic E-state index is -0.0692. The van der Waals surface area contributed by atoms with Gasteiger partial charge >= 0.3 is 0 Å². The summed E-state index contributed by atoms with van der Waals surface area (Å²) < 4.78 is 13.0. The third-order valence-corrected chi connectivity index (χ3v) is 11.8. The Morgan fingerprint density at radius 2 is 1.20 bits per heavy atom. The van der Waals surface area contributed by atoms with Gasteiger partial charge in [-0.2, -0.15) is 18.2 Å². The van der Waals surface area contributed by atoms with Crippen molar-refractivity contribution in [2.75, 3.05) is 0 Å². The normalized spacial score (nSPS) is 11.5. The van der Waals surface area contributed by atoms with Crippen molar-refractivity contribution in [3.05, 3.63) is 224 Å². The molecule has 0 radical (unpaired) electrons. The van der Waals surface area contributed by atoms with E-state index < -0.39 is 0 Å². The van der Waals surface area contributed by atoms with Crippen molar-refractivity contribution in [3.63, 3.8) is 0 Å². The number of pyridine rings is 1. The number of aromatic nitrogens is 4. The predicted molar refractivity (Wildman–Crippen MR) is 255 cm³/mol. The van der Waals surface area contributed by atoms with E-state index in [1.54, 1.807) is 0 Å². The van der Waals surface area contributed by atoms with Crippen LogP contribution in [0.1, 0.15) is 26.3 Å². The molecule has 0 fully saturated rings. The first-order chi connectivity index (χ1) is 30.9. The summed E-state index contributed by atoms with van der Waals surface area (Å²) in [6.07, 6.45) is 5.47. The number of para-hydroxylation sites is 3. The van der Waals surface area contributed by atoms with Crippen LogP contribution in [0.2, 0.25) is 0 Å². The van der Waals surface area contributed by atoms with Crippen LogP contribution in [0.4, 0.5) is 0 Å². The Bertz CT molecular complexity index is 3400. The second kappa shape index (κ2) is 16.7. The number of nitrogens with zero attached hydrogens (tertiary/aromatic N) is 4. The number of ether oxygens (including phenoxy) is 1. The van der Waals surface area contributed by atoms with Crippen LogP contribution in [0.3, 0.4) is 0 Å². The molecule has 0 atom stereocenters. The Morgan fingerprint density at radius 1 is 0.547 bits per heavy atom. The van der Waals surface area contributed by atoms with Crippen LogP contribution in [0.5, 0.6) is 11.5 Å². The molecule has 3 heterocycles. The van der Waals surface area contributed by atoms with Crippen molar-refractivity contribution >= 4 is 32.8 Å². The molecule has 6 heteroatoms. The van der Waals surface area contributed by atoms with Gasteiger partial charge in [-0.25, -0.2) is 4.98 Å². The molecule has 0 aliphatic rings. The van der Waals surface area contributed by atoms with Crippen LogP contribution >= 0.6 is 0 Å². The molecule has 0 saturated heterocycles. The van der Waals surface area contributed by atoms with E-state index in [-0.39, 0.29) is 26.5 Å². The first-order valence-corrected chi connectivity index (χ1v) is 21.3. The van der Waals surface area contributed by atoms with Gasteiger partial charge in [0.05, 0.1) is 16.7 Å². The van der Waals surface area contributed by atoms with Crippen molar-refractivity contribution < 1.29 is 30.4 Å². The smallest absolute Gasteiger partial charge is 0.268 e. The first-order valence-electron chi connectivity index (χ1n) is 21.3. The Hall–Kier alpha value is -7.33. The summed E-state index contributed by atoms with van der Waals surface area (Å²) in [6.45, 7) is 6.70. The fourth-order valence-electron chi connectivity index (χ4n) is 8.72. The maximum Gasteiger partial charge on any atom is 0.268 e. The predicted octanol–water partition coefficient (Wildman–Crippen LogP) is 13.9. The largest absolute Gasteiger partial charge is 0.510 e. The van der Waals surface area contributed by atoms with Gasteiger partial charge in [-0.3, -0.25) is 4.57 Å². The van der Waals surface area contributed by atoms with Gasteiger partial charge < -0.3 is 13.9 Å². The molecule has 3 aromatic heterocycles. The Morgan fingerprint density at radius 3 is 1.92 bits per heavy atom. The van der Waals surface area contributed by atoms with Crippen LogP contribution in [0, 0.1) is 18.5 Å². The summed E-state index contributed by atoms with van der Waals surface area (Å²) >= 11 is 0. The SMILES string of the molecule is CC(C)(C)c1ccnc(-n2c3[c-]c(Oc4[c-]c(-n5[c-][n+](-c6ccccc6)c6ccccc65)ccc4)ccc3c3cc(-c4c(-c5ccccc5)cccc4-c4ccccc4)ccc32)c1.[Pt]. The zero-order chi connectivity index (χ0) is 42.5. The van der Waals surface area contributed by atoms with Crippen molar-refractivity contribution in [2.45, 2.75) is 26.2 Å². The molecule has 0 amide bonds. The average Bonchev–Trinajstić information content (AvgIpc) is 3.88. The van der Waals surface area contributed by atoms with Gasteiger partial charge in [-0.1, -0.05) is 160 Å². The summed E-state index contributed by atoms with van der Waals surface area (Å²) in [5.74, 6) is 1.98. The minimum Gasteiger partial charge on any atom is -0.510 e. The molecule has 0 aliphatic heterocycles. The third-order valence-electron chi connectivity index (χ3n) is 11.8. The van der Waals surface area contributed by atoms with Gasteiger partial charge in [0.2, 0.25) is 0 Å². The van der Waals surface area contributed by atoms with Crippen LogP contribution in [-0.4, -0.2) is 14.1 Å². The molecule has 0 unspecified atom stereocenters. The molecule has 11 rings (SSSR count). The fourth-order valence-corrected chi connectivity index (χ4v) is 8.72. The van der Waals surface area contributed by atoms with Gasteiger partial charge in [0.1, 0.15) is 5.82 Å². The van der Waals surface area contributed by atoms with E-state index in [4.69, 9.17) is 9.72 Å². The number of rotatable bonds is 8. The molecule has 0 N–H and O–H groups in total. The molecule has 0 bridgehead atoms. The van der Waals surface area contributed by atoms with Gasteiger partial charge in [0.25, 0.3) is 6.33 Å². The van der Waals surface area contributed by atoms with E-state index in [2.05, 4.69) is 194 Å². The summed E-state index contributed by atoms with van der Waals surface area (Å²) in [7, 11) is 0. The van der Waals surface area contributed by atoms with E-state index in [9.17, 15) is 0 Å². The zero-order valence-electron chi connectivity index (χ0n) is 35.6. The van der Waals surface area contributed by atoms with Crippen LogP contribution in [0.15, 0.2) is 200 Å². The van der Waals surface area contributed by atoms with Gasteiger partial charge in [0.15, 0.2) is 0 Å². The number of benzene rings is 8. The van der Waals surface area contributed by atoms with Crippen LogP contribution < -0.4 is 9.30 Å². The fraction of sp³-hybridized carbons (Fsp3) is 0.0690. The third kappa shape index (κ3) is 7.42. The topological polar surface area (TPSA) is 35.9 Å². The Labute approximate surface area is 387 Å². The monoisotopic (exact) mass is 1010 g/mol. The van der Waals surface area contributed by atoms with E-state index in [1.807, 2.05) is 59.3 Å². The van der Waals surface area contributed by atoms with Crippen molar-refractivity contribution in [3.8, 4) is 62.1 Å². The second-order valence-electron chi connectivity index (χ2n) is 16.9.